The van der Waals surface area contributed by atoms with Crippen molar-refractivity contribution in [3.05, 3.63) is 40.9 Å². The molecule has 136 valence electrons. The van der Waals surface area contributed by atoms with Crippen molar-refractivity contribution in [2.75, 3.05) is 0 Å². The number of hydrogen-bond acceptors (Lipinski definition) is 3. The van der Waals surface area contributed by atoms with E-state index in [0.29, 0.717) is 12.5 Å². The minimum absolute atomic E-state index is 0.156. The SMILES string of the molecule is Cc1ccc(-c2nc(CC(=O)NC3C4CC5CC(C4)CC3C5)cs2)cc1. The summed E-state index contributed by atoms with van der Waals surface area (Å²) in [5.74, 6) is 3.51. The number of benzene rings is 1. The number of aromatic nitrogens is 1. The molecule has 0 radical (unpaired) electrons. The van der Waals surface area contributed by atoms with E-state index in [1.807, 2.05) is 5.38 Å². The normalized spacial score (nSPS) is 32.0. The van der Waals surface area contributed by atoms with Gasteiger partial charge in [-0.3, -0.25) is 4.79 Å². The van der Waals surface area contributed by atoms with Crippen LogP contribution < -0.4 is 5.32 Å². The molecule has 4 bridgehead atoms. The first-order valence-electron chi connectivity index (χ1n) is 9.95. The van der Waals surface area contributed by atoms with Crippen LogP contribution in [0.5, 0.6) is 0 Å². The number of carbonyl (C=O) groups excluding carboxylic acids is 1. The van der Waals surface area contributed by atoms with Crippen molar-refractivity contribution in [3.63, 3.8) is 0 Å². The van der Waals surface area contributed by atoms with Gasteiger partial charge in [0.15, 0.2) is 0 Å². The highest BCUT2D eigenvalue weighted by atomic mass is 32.1. The second kappa shape index (κ2) is 6.49. The van der Waals surface area contributed by atoms with E-state index in [0.717, 1.165) is 39.9 Å². The lowest BCUT2D eigenvalue weighted by atomic mass is 9.54. The van der Waals surface area contributed by atoms with Crippen LogP contribution in [0.15, 0.2) is 29.6 Å². The number of hydrogen-bond donors (Lipinski definition) is 1. The number of carbonyl (C=O) groups is 1. The highest BCUT2D eigenvalue weighted by molar-refractivity contribution is 7.13. The highest BCUT2D eigenvalue weighted by Gasteiger charge is 2.48. The van der Waals surface area contributed by atoms with Crippen LogP contribution in [0.2, 0.25) is 0 Å². The Bertz CT molecular complexity index is 782. The fourth-order valence-corrected chi connectivity index (χ4v) is 6.61. The average molecular weight is 367 g/mol. The molecular weight excluding hydrogens is 340 g/mol. The molecule has 4 heteroatoms. The fraction of sp³-hybridized carbons (Fsp3) is 0.545. The number of amides is 1. The van der Waals surface area contributed by atoms with Crippen molar-refractivity contribution in [2.45, 2.75) is 51.5 Å². The first kappa shape index (κ1) is 16.5. The van der Waals surface area contributed by atoms with Gasteiger partial charge in [-0.25, -0.2) is 4.98 Å². The van der Waals surface area contributed by atoms with Crippen molar-refractivity contribution in [1.82, 2.24) is 10.3 Å². The summed E-state index contributed by atoms with van der Waals surface area (Å²) in [7, 11) is 0. The second-order valence-corrected chi connectivity index (χ2v) is 9.57. The average Bonchev–Trinajstić information content (AvgIpc) is 3.06. The lowest BCUT2D eigenvalue weighted by molar-refractivity contribution is -0.124. The summed E-state index contributed by atoms with van der Waals surface area (Å²) in [6.07, 6.45) is 7.22. The molecule has 2 aromatic rings. The number of nitrogens with zero attached hydrogens (tertiary/aromatic N) is 1. The lowest BCUT2D eigenvalue weighted by Gasteiger charge is -2.54. The van der Waals surface area contributed by atoms with Crippen molar-refractivity contribution in [3.8, 4) is 10.6 Å². The quantitative estimate of drug-likeness (QED) is 0.859. The van der Waals surface area contributed by atoms with Gasteiger partial charge in [0.05, 0.1) is 12.1 Å². The molecule has 6 rings (SSSR count). The van der Waals surface area contributed by atoms with Crippen LogP contribution in [0.3, 0.4) is 0 Å². The molecule has 1 amide bonds. The van der Waals surface area contributed by atoms with Gasteiger partial charge < -0.3 is 5.32 Å². The predicted molar refractivity (Wildman–Crippen MR) is 105 cm³/mol. The Morgan fingerprint density at radius 2 is 1.73 bits per heavy atom. The molecule has 0 saturated heterocycles. The third-order valence-corrected chi connectivity index (χ3v) is 7.69. The molecule has 0 aliphatic heterocycles. The molecule has 4 aliphatic carbocycles. The smallest absolute Gasteiger partial charge is 0.226 e. The summed E-state index contributed by atoms with van der Waals surface area (Å²) >= 11 is 1.63. The number of rotatable bonds is 4. The van der Waals surface area contributed by atoms with Gasteiger partial charge in [-0.05, 0) is 62.7 Å². The molecule has 1 aromatic carbocycles. The van der Waals surface area contributed by atoms with E-state index in [9.17, 15) is 4.79 Å². The maximum Gasteiger partial charge on any atom is 0.226 e. The molecule has 4 aliphatic rings. The topological polar surface area (TPSA) is 42.0 Å². The maximum absolute atomic E-state index is 12.6. The van der Waals surface area contributed by atoms with Gasteiger partial charge >= 0.3 is 0 Å². The van der Waals surface area contributed by atoms with E-state index in [1.54, 1.807) is 11.3 Å². The van der Waals surface area contributed by atoms with Gasteiger partial charge in [-0.1, -0.05) is 29.8 Å². The van der Waals surface area contributed by atoms with Gasteiger partial charge in [0.2, 0.25) is 5.91 Å². The third-order valence-electron chi connectivity index (χ3n) is 6.75. The first-order chi connectivity index (χ1) is 12.6. The Morgan fingerprint density at radius 3 is 2.38 bits per heavy atom. The monoisotopic (exact) mass is 366 g/mol. The van der Waals surface area contributed by atoms with Crippen molar-refractivity contribution < 1.29 is 4.79 Å². The molecule has 1 aromatic heterocycles. The summed E-state index contributed by atoms with van der Waals surface area (Å²) in [4.78, 5) is 17.3. The number of aryl methyl sites for hydroxylation is 1. The minimum atomic E-state index is 0.156. The largest absolute Gasteiger partial charge is 0.352 e. The third kappa shape index (κ3) is 3.09. The van der Waals surface area contributed by atoms with Crippen LogP contribution in [-0.2, 0) is 11.2 Å². The minimum Gasteiger partial charge on any atom is -0.352 e. The molecule has 0 unspecified atom stereocenters. The van der Waals surface area contributed by atoms with Gasteiger partial charge in [-0.2, -0.15) is 0 Å². The van der Waals surface area contributed by atoms with Crippen LogP contribution in [0.1, 0.15) is 43.4 Å². The summed E-state index contributed by atoms with van der Waals surface area (Å²) < 4.78 is 0. The van der Waals surface area contributed by atoms with E-state index in [2.05, 4.69) is 36.5 Å². The molecule has 26 heavy (non-hydrogen) atoms. The Morgan fingerprint density at radius 1 is 1.08 bits per heavy atom. The van der Waals surface area contributed by atoms with Crippen LogP contribution in [0, 0.1) is 30.6 Å². The number of thiazole rings is 1. The van der Waals surface area contributed by atoms with Crippen LogP contribution in [-0.4, -0.2) is 16.9 Å². The number of nitrogens with one attached hydrogen (secondary N) is 1. The van der Waals surface area contributed by atoms with E-state index in [1.165, 1.54) is 37.7 Å². The lowest BCUT2D eigenvalue weighted by Crippen LogP contribution is -2.56. The van der Waals surface area contributed by atoms with E-state index in [4.69, 9.17) is 4.98 Å². The maximum atomic E-state index is 12.6. The molecule has 0 atom stereocenters. The Balaban J connectivity index is 1.23. The summed E-state index contributed by atoms with van der Waals surface area (Å²) in [5, 5.41) is 6.43. The van der Waals surface area contributed by atoms with Crippen molar-refractivity contribution in [2.24, 2.45) is 23.7 Å². The summed E-state index contributed by atoms with van der Waals surface area (Å²) in [5.41, 5.74) is 3.28. The fourth-order valence-electron chi connectivity index (χ4n) is 5.78. The zero-order chi connectivity index (χ0) is 17.7. The molecular formula is C22H26N2OS. The van der Waals surface area contributed by atoms with Crippen molar-refractivity contribution >= 4 is 17.2 Å². The molecule has 4 fully saturated rings. The summed E-state index contributed by atoms with van der Waals surface area (Å²) in [6, 6.07) is 8.84. The molecule has 1 N–H and O–H groups in total. The van der Waals surface area contributed by atoms with E-state index in [-0.39, 0.29) is 5.91 Å². The van der Waals surface area contributed by atoms with Gasteiger partial charge in [0.25, 0.3) is 0 Å². The molecule has 4 saturated carbocycles. The zero-order valence-electron chi connectivity index (χ0n) is 15.3. The van der Waals surface area contributed by atoms with E-state index >= 15 is 0 Å². The standard InChI is InChI=1S/C22H26N2OS/c1-13-2-4-16(5-3-13)22-23-19(12-26-22)11-20(25)24-21-17-7-14-6-15(9-17)10-18(21)8-14/h2-5,12,14-15,17-18,21H,6-11H2,1H3,(H,24,25). The van der Waals surface area contributed by atoms with Gasteiger partial charge in [0, 0.05) is 17.0 Å². The Hall–Kier alpha value is -1.68. The van der Waals surface area contributed by atoms with Crippen LogP contribution in [0.25, 0.3) is 10.6 Å². The molecule has 3 nitrogen and oxygen atoms in total. The summed E-state index contributed by atoms with van der Waals surface area (Å²) in [6.45, 7) is 2.09. The Labute approximate surface area is 159 Å². The van der Waals surface area contributed by atoms with Crippen molar-refractivity contribution in [1.29, 1.82) is 0 Å². The second-order valence-electron chi connectivity index (χ2n) is 8.71. The first-order valence-corrected chi connectivity index (χ1v) is 10.8. The highest BCUT2D eigenvalue weighted by Crippen LogP contribution is 2.53. The van der Waals surface area contributed by atoms with Gasteiger partial charge in [0.1, 0.15) is 5.01 Å². The van der Waals surface area contributed by atoms with Crippen LogP contribution in [0.4, 0.5) is 0 Å². The van der Waals surface area contributed by atoms with E-state index < -0.39 is 0 Å². The Kier molecular flexibility index (Phi) is 4.11. The molecule has 1 heterocycles. The van der Waals surface area contributed by atoms with Crippen LogP contribution >= 0.6 is 11.3 Å². The molecule has 0 spiro atoms. The zero-order valence-corrected chi connectivity index (χ0v) is 16.1. The van der Waals surface area contributed by atoms with Gasteiger partial charge in [-0.15, -0.1) is 11.3 Å². The predicted octanol–water partition coefficient (Wildman–Crippen LogP) is 4.60.